The molecule has 3 aliphatic heterocycles. The second kappa shape index (κ2) is 22.9. The summed E-state index contributed by atoms with van der Waals surface area (Å²) in [4.78, 5) is 0. The minimum Gasteiger partial charge on any atom is -0.376 e. The summed E-state index contributed by atoms with van der Waals surface area (Å²) in [6, 6.07) is 0.810. The molecule has 10 N–H and O–H groups in total. The molecule has 0 bridgehead atoms. The minimum atomic E-state index is 0.0133. The van der Waals surface area contributed by atoms with Crippen LogP contribution < -0.4 is 28.7 Å². The predicted octanol–water partition coefficient (Wildman–Crippen LogP) is 14.8. The molecule has 5 aliphatic rings. The Morgan fingerprint density at radius 3 is 0.831 bits per heavy atom. The van der Waals surface area contributed by atoms with Gasteiger partial charge in [-0.25, -0.2) is 0 Å². The summed E-state index contributed by atoms with van der Waals surface area (Å²) in [5, 5.41) is 0. The lowest BCUT2D eigenvalue weighted by atomic mass is 9.51. The van der Waals surface area contributed by atoms with Crippen molar-refractivity contribution in [1.29, 1.82) is 0 Å². The summed E-state index contributed by atoms with van der Waals surface area (Å²) < 4.78 is 17.3. The molecule has 0 amide bonds. The Morgan fingerprint density at radius 2 is 0.718 bits per heavy atom. The molecule has 426 valence electrons. The van der Waals surface area contributed by atoms with Crippen molar-refractivity contribution in [1.82, 2.24) is 0 Å². The van der Waals surface area contributed by atoms with E-state index in [1.807, 2.05) is 0 Å². The maximum absolute atomic E-state index is 6.54. The normalized spacial score (nSPS) is 35.6. The van der Waals surface area contributed by atoms with Gasteiger partial charge in [-0.15, -0.1) is 0 Å². The third kappa shape index (κ3) is 12.7. The van der Waals surface area contributed by atoms with Crippen LogP contribution in [0.1, 0.15) is 253 Å². The lowest BCUT2D eigenvalue weighted by molar-refractivity contribution is -0.0465. The summed E-state index contributed by atoms with van der Waals surface area (Å²) >= 11 is 0. The molecule has 71 heavy (non-hydrogen) atoms. The number of rotatable bonds is 3. The Labute approximate surface area is 444 Å². The van der Waals surface area contributed by atoms with Gasteiger partial charge in [0.2, 0.25) is 0 Å². The lowest BCUT2D eigenvalue weighted by Crippen LogP contribution is -2.58. The third-order valence-corrected chi connectivity index (χ3v) is 21.6. The zero-order chi connectivity index (χ0) is 56.8. The van der Waals surface area contributed by atoms with E-state index in [0.717, 1.165) is 19.8 Å². The average molecular weight is 1010 g/mol. The Bertz CT molecular complexity index is 1530. The van der Waals surface area contributed by atoms with Gasteiger partial charge >= 0.3 is 0 Å². The molecular formula is C63H131N5O3. The van der Waals surface area contributed by atoms with Crippen LogP contribution in [-0.4, -0.2) is 67.8 Å². The first-order valence-corrected chi connectivity index (χ1v) is 28.9. The standard InChI is InChI=1S/C13H27NO.2C13H27N.2C12H25NO/c1-9-10(14)13(8-15-9,11(2,3)4)12(5,6)7;1-11(2,3)13(12(4,5)6)9-7-8-10(13)14;1-10(2)13(11(3,4)5)9-7-8-12(13,6)14;2*1-8(2)12(11(4,5)6)7-14-9(3)10(12)13/h9-10H,8,14H2,1-7H3;2*10H,7-9,14H2,1-6H3;2*8-10H,7,13H2,1-6H3/t9-,10-;10-;;2*9-,10+,12?/m11.10/s1. The summed E-state index contributed by atoms with van der Waals surface area (Å²) in [6.45, 7) is 73.0. The fourth-order valence-electron chi connectivity index (χ4n) is 17.8. The molecule has 3 saturated heterocycles. The first-order valence-electron chi connectivity index (χ1n) is 28.9. The molecule has 4 unspecified atom stereocenters. The van der Waals surface area contributed by atoms with Crippen LogP contribution >= 0.6 is 0 Å². The monoisotopic (exact) mass is 1010 g/mol. The average Bonchev–Trinajstić information content (AvgIpc) is 3.94. The first-order chi connectivity index (χ1) is 31.3. The molecule has 5 fully saturated rings. The molecule has 0 spiro atoms. The molecule has 3 heterocycles. The van der Waals surface area contributed by atoms with E-state index >= 15 is 0 Å². The highest BCUT2D eigenvalue weighted by Gasteiger charge is 2.61. The molecule has 0 aromatic carbocycles. The lowest BCUT2D eigenvalue weighted by Gasteiger charge is -2.54. The Kier molecular flexibility index (Phi) is 22.2. The number of hydrogen-bond donors (Lipinski definition) is 5. The van der Waals surface area contributed by atoms with Gasteiger partial charge in [0.15, 0.2) is 0 Å². The van der Waals surface area contributed by atoms with Gasteiger partial charge in [0, 0.05) is 46.0 Å². The molecule has 2 saturated carbocycles. The van der Waals surface area contributed by atoms with E-state index in [2.05, 4.69) is 215 Å². The second-order valence-electron chi connectivity index (χ2n) is 32.6. The fraction of sp³-hybridized carbons (Fsp3) is 1.00. The quantitative estimate of drug-likeness (QED) is 0.187. The topological polar surface area (TPSA) is 158 Å². The second-order valence-corrected chi connectivity index (χ2v) is 32.6. The van der Waals surface area contributed by atoms with Crippen LogP contribution in [0.3, 0.4) is 0 Å². The fourth-order valence-corrected chi connectivity index (χ4v) is 17.8. The third-order valence-electron chi connectivity index (χ3n) is 21.6. The highest BCUT2D eigenvalue weighted by atomic mass is 16.5. The zero-order valence-corrected chi connectivity index (χ0v) is 53.7. The van der Waals surface area contributed by atoms with Crippen LogP contribution in [0, 0.1) is 82.7 Å². The van der Waals surface area contributed by atoms with Crippen molar-refractivity contribution >= 4 is 0 Å². The van der Waals surface area contributed by atoms with Crippen molar-refractivity contribution in [3.8, 4) is 0 Å². The van der Waals surface area contributed by atoms with E-state index in [4.69, 9.17) is 42.9 Å². The van der Waals surface area contributed by atoms with Gasteiger partial charge in [-0.2, -0.15) is 0 Å². The molecule has 0 aromatic rings. The zero-order valence-electron chi connectivity index (χ0n) is 53.7. The van der Waals surface area contributed by atoms with Crippen molar-refractivity contribution in [3.63, 3.8) is 0 Å². The summed E-state index contributed by atoms with van der Waals surface area (Å²) in [6.07, 6.45) is 8.12. The predicted molar refractivity (Wildman–Crippen MR) is 311 cm³/mol. The molecule has 11 atom stereocenters. The van der Waals surface area contributed by atoms with Crippen molar-refractivity contribution in [2.24, 2.45) is 111 Å². The smallest absolute Gasteiger partial charge is 0.0704 e. The van der Waals surface area contributed by atoms with Crippen molar-refractivity contribution < 1.29 is 14.2 Å². The van der Waals surface area contributed by atoms with Crippen molar-refractivity contribution in [3.05, 3.63) is 0 Å². The number of nitrogens with two attached hydrogens (primary N) is 5. The van der Waals surface area contributed by atoms with E-state index < -0.39 is 0 Å². The maximum Gasteiger partial charge on any atom is 0.0704 e. The summed E-state index contributed by atoms with van der Waals surface area (Å²) in [7, 11) is 0. The van der Waals surface area contributed by atoms with Gasteiger partial charge in [0.25, 0.3) is 0 Å². The Hall–Kier alpha value is -0.320. The molecule has 8 heteroatoms. The van der Waals surface area contributed by atoms with E-state index in [9.17, 15) is 0 Å². The van der Waals surface area contributed by atoms with Crippen LogP contribution in [0.25, 0.3) is 0 Å². The van der Waals surface area contributed by atoms with E-state index in [-0.39, 0.29) is 79.9 Å². The van der Waals surface area contributed by atoms with Gasteiger partial charge in [-0.05, 0) is 120 Å². The van der Waals surface area contributed by atoms with Crippen molar-refractivity contribution in [2.75, 3.05) is 19.8 Å². The van der Waals surface area contributed by atoms with Crippen LogP contribution in [0.15, 0.2) is 0 Å². The maximum atomic E-state index is 6.54. The minimum absolute atomic E-state index is 0.0133. The highest BCUT2D eigenvalue weighted by molar-refractivity contribution is 5.13. The van der Waals surface area contributed by atoms with Crippen molar-refractivity contribution in [2.45, 2.75) is 301 Å². The van der Waals surface area contributed by atoms with E-state index in [1.165, 1.54) is 38.5 Å². The number of ether oxygens (including phenoxy) is 3. The molecule has 0 aromatic heterocycles. The van der Waals surface area contributed by atoms with Crippen LogP contribution in [0.4, 0.5) is 0 Å². The Balaban J connectivity index is 0.000000444. The highest BCUT2D eigenvalue weighted by Crippen LogP contribution is 2.62. The first kappa shape index (κ1) is 68.7. The van der Waals surface area contributed by atoms with E-state index in [1.54, 1.807) is 0 Å². The largest absolute Gasteiger partial charge is 0.376 e. The molecule has 8 nitrogen and oxygen atoms in total. The van der Waals surface area contributed by atoms with Gasteiger partial charge in [0.1, 0.15) is 0 Å². The summed E-state index contributed by atoms with van der Waals surface area (Å²) in [5.74, 6) is 1.78. The SMILES string of the molecule is CC(C)(C)C1(C(C)(C)C)CCC[C@H]1N.CC(C)C1(C(C)(C)C)CCCC1(C)N.CC(C)C1(C(C)(C)C)CO[C@@H](C)[C@H]1N.CC(C)C1(C(C)(C)C)CO[C@H](C)[C@@H]1N.C[C@H]1OCC(C(C)(C)C)(C(C)(C)C)[C@@H]1N. The Morgan fingerprint density at radius 1 is 0.394 bits per heavy atom. The molecule has 2 aliphatic carbocycles. The van der Waals surface area contributed by atoms with Gasteiger partial charge < -0.3 is 42.9 Å². The van der Waals surface area contributed by atoms with Crippen LogP contribution in [-0.2, 0) is 14.2 Å². The van der Waals surface area contributed by atoms with Crippen LogP contribution in [0.2, 0.25) is 0 Å². The molecule has 5 rings (SSSR count). The molecular weight excluding hydrogens is 875 g/mol. The van der Waals surface area contributed by atoms with Gasteiger partial charge in [0.05, 0.1) is 38.1 Å². The summed E-state index contributed by atoms with van der Waals surface area (Å²) in [5.41, 5.74) is 34.5. The van der Waals surface area contributed by atoms with Gasteiger partial charge in [-0.1, -0.05) is 200 Å². The number of hydrogen-bond acceptors (Lipinski definition) is 8. The molecule has 0 radical (unpaired) electrons. The van der Waals surface area contributed by atoms with Crippen LogP contribution in [0.5, 0.6) is 0 Å². The van der Waals surface area contributed by atoms with E-state index in [0.29, 0.717) is 50.9 Å². The van der Waals surface area contributed by atoms with Gasteiger partial charge in [-0.3, -0.25) is 0 Å².